The lowest BCUT2D eigenvalue weighted by Crippen LogP contribution is -2.37. The van der Waals surface area contributed by atoms with E-state index in [0.717, 1.165) is 11.8 Å². The predicted molar refractivity (Wildman–Crippen MR) is 234 cm³/mol. The fourth-order valence-corrected chi connectivity index (χ4v) is 8.08. The number of nitrogens with zero attached hydrogens (tertiary/aromatic N) is 1. The van der Waals surface area contributed by atoms with Crippen molar-refractivity contribution in [2.24, 2.45) is 0 Å². The fraction of sp³-hybridized carbons (Fsp3) is 0.0851. The Morgan fingerprint density at radius 1 is 0.758 bits per heavy atom. The van der Waals surface area contributed by atoms with Crippen molar-refractivity contribution in [3.05, 3.63) is 161 Å². The summed E-state index contributed by atoms with van der Waals surface area (Å²) < 4.78 is 12.2. The summed E-state index contributed by atoms with van der Waals surface area (Å²) in [7, 11) is 3.72. The summed E-state index contributed by atoms with van der Waals surface area (Å²) in [5, 5.41) is 37.1. The molecule has 0 spiro atoms. The first-order chi connectivity index (χ1) is 29.6. The minimum Gasteiger partial charge on any atom is -0.508 e. The van der Waals surface area contributed by atoms with Crippen LogP contribution >= 0.6 is 23.2 Å². The third-order valence-electron chi connectivity index (χ3n) is 10.4. The maximum atomic E-state index is 13.8. The number of carbonyl (C=O) groups is 4. The molecular weight excluding hydrogens is 837 g/mol. The lowest BCUT2D eigenvalue weighted by molar-refractivity contribution is -0.120. The summed E-state index contributed by atoms with van der Waals surface area (Å²) >= 11 is 13.6. The Kier molecular flexibility index (Phi) is 10.7. The third-order valence-corrected chi connectivity index (χ3v) is 11.1. The first-order valence-electron chi connectivity index (χ1n) is 18.8. The van der Waals surface area contributed by atoms with Gasteiger partial charge < -0.3 is 40.0 Å². The van der Waals surface area contributed by atoms with Crippen LogP contribution in [0.3, 0.4) is 0 Å². The molecule has 5 aromatic carbocycles. The fourth-order valence-electron chi connectivity index (χ4n) is 7.47. The molecule has 62 heavy (non-hydrogen) atoms. The highest BCUT2D eigenvalue weighted by Crippen LogP contribution is 2.45. The summed E-state index contributed by atoms with van der Waals surface area (Å²) in [6.45, 7) is 3.37. The van der Waals surface area contributed by atoms with Gasteiger partial charge in [-0.1, -0.05) is 48.0 Å². The van der Waals surface area contributed by atoms with E-state index in [1.165, 1.54) is 42.5 Å². The minimum atomic E-state index is -1.39. The van der Waals surface area contributed by atoms with Crippen molar-refractivity contribution in [2.45, 2.75) is 6.54 Å². The number of anilines is 1. The standard InChI is InChI=1S/C47H33Cl2N3O10/c1-22-4-9-30-35(14-22)61-36-16-24(52(2)3)6-11-31(36)41(30)43-42(47(59)60)34(48)19-33(44(43)49)45(56)51-21-39(55)50-20-23-5-10-27(46(57)58)32(15-23)40-28-12-7-25(53)17-37(28)62-38-18-26(54)8-13-29(38)40/h4-19,53H,1,20-21H2,2-3H3,(H,50,55)(H,51,56)(H,57,58)(H,59,60). The summed E-state index contributed by atoms with van der Waals surface area (Å²) in [4.78, 5) is 66.5. The molecule has 0 aromatic heterocycles. The van der Waals surface area contributed by atoms with Crippen LogP contribution in [0.1, 0.15) is 47.8 Å². The van der Waals surface area contributed by atoms with Crippen LogP contribution in [0.5, 0.6) is 17.2 Å². The highest BCUT2D eigenvalue weighted by molar-refractivity contribution is 6.40. The van der Waals surface area contributed by atoms with E-state index in [1.807, 2.05) is 25.1 Å². The van der Waals surface area contributed by atoms with E-state index in [-0.39, 0.29) is 66.9 Å². The Labute approximate surface area is 361 Å². The number of phenols is 1. The number of rotatable bonds is 10. The van der Waals surface area contributed by atoms with Crippen molar-refractivity contribution in [1.29, 1.82) is 0 Å². The number of fused-ring (bicyclic) bond motifs is 4. The summed E-state index contributed by atoms with van der Waals surface area (Å²) in [5.74, 6) is -3.19. The van der Waals surface area contributed by atoms with Crippen molar-refractivity contribution in [3.63, 3.8) is 0 Å². The zero-order chi connectivity index (χ0) is 44.1. The molecule has 8 rings (SSSR count). The average molecular weight is 871 g/mol. The van der Waals surface area contributed by atoms with Crippen molar-refractivity contribution >= 4 is 75.8 Å². The van der Waals surface area contributed by atoms with Crippen LogP contribution in [0, 0.1) is 0 Å². The number of carboxylic acid groups (broad SMARTS) is 2. The molecule has 2 amide bonds. The minimum absolute atomic E-state index is 0.0278. The van der Waals surface area contributed by atoms with Crippen LogP contribution in [0.2, 0.25) is 10.0 Å². The summed E-state index contributed by atoms with van der Waals surface area (Å²) in [5.41, 5.74) is 2.54. The number of benzene rings is 6. The van der Waals surface area contributed by atoms with Crippen LogP contribution in [0.25, 0.3) is 45.6 Å². The molecule has 0 atom stereocenters. The highest BCUT2D eigenvalue weighted by Gasteiger charge is 2.31. The van der Waals surface area contributed by atoms with Crippen molar-refractivity contribution in [1.82, 2.24) is 10.6 Å². The largest absolute Gasteiger partial charge is 0.508 e. The number of nitrogens with one attached hydrogen (secondary N) is 2. The Balaban J connectivity index is 1.09. The molecule has 5 N–H and O–H groups in total. The first-order valence-corrected chi connectivity index (χ1v) is 19.5. The van der Waals surface area contributed by atoms with E-state index >= 15 is 0 Å². The van der Waals surface area contributed by atoms with Gasteiger partial charge in [0, 0.05) is 83.0 Å². The molecule has 0 bridgehead atoms. The second kappa shape index (κ2) is 16.1. The van der Waals surface area contributed by atoms with Gasteiger partial charge in [0.25, 0.3) is 5.91 Å². The number of phenolic OH excluding ortho intramolecular Hbond substituents is 1. The molecule has 13 nitrogen and oxygen atoms in total. The van der Waals surface area contributed by atoms with Gasteiger partial charge in [-0.3, -0.25) is 14.4 Å². The second-order valence-corrected chi connectivity index (χ2v) is 15.4. The lowest BCUT2D eigenvalue weighted by atomic mass is 9.88. The quantitative estimate of drug-likeness (QED) is 0.0903. The zero-order valence-corrected chi connectivity index (χ0v) is 34.3. The van der Waals surface area contributed by atoms with E-state index in [0.29, 0.717) is 55.1 Å². The molecule has 0 saturated carbocycles. The van der Waals surface area contributed by atoms with E-state index < -0.39 is 30.3 Å². The van der Waals surface area contributed by atoms with E-state index in [4.69, 9.17) is 32.4 Å². The summed E-state index contributed by atoms with van der Waals surface area (Å²) in [6.07, 6.45) is 0. The Bertz CT molecular complexity index is 3230. The maximum absolute atomic E-state index is 13.8. The zero-order valence-electron chi connectivity index (χ0n) is 32.8. The Hall–Kier alpha value is -7.61. The van der Waals surface area contributed by atoms with E-state index in [2.05, 4.69) is 17.2 Å². The van der Waals surface area contributed by atoms with Gasteiger partial charge in [0.15, 0.2) is 5.43 Å². The highest BCUT2D eigenvalue weighted by atomic mass is 35.5. The summed E-state index contributed by atoms with van der Waals surface area (Å²) in [6, 6.07) is 24.7. The van der Waals surface area contributed by atoms with Gasteiger partial charge in [-0.25, -0.2) is 9.59 Å². The second-order valence-electron chi connectivity index (χ2n) is 14.6. The number of aromatic hydroxyl groups is 1. The number of carboxylic acids is 2. The van der Waals surface area contributed by atoms with Gasteiger partial charge in [-0.05, 0) is 77.0 Å². The SMILES string of the molecule is C=c1ccc2c(c1)Oc1cc(N(C)C)ccc1C=2c1c(Cl)c(C(=O)NCC(=O)NCc2ccc(C(=O)O)c(-c3c4ccc(=O)cc-4oc4cc(O)ccc34)c2)cc(Cl)c1C(=O)O. The van der Waals surface area contributed by atoms with Gasteiger partial charge in [-0.2, -0.15) is 0 Å². The first kappa shape index (κ1) is 41.1. The van der Waals surface area contributed by atoms with Crippen molar-refractivity contribution in [2.75, 3.05) is 25.5 Å². The number of carbonyl (C=O) groups excluding carboxylic acids is 2. The van der Waals surface area contributed by atoms with Crippen LogP contribution in [0.15, 0.2) is 106 Å². The van der Waals surface area contributed by atoms with Crippen LogP contribution < -0.4 is 36.1 Å². The van der Waals surface area contributed by atoms with Gasteiger partial charge in [0.1, 0.15) is 28.6 Å². The molecule has 3 aliphatic rings. The number of aromatic carboxylic acids is 2. The molecule has 0 unspecified atom stereocenters. The van der Waals surface area contributed by atoms with E-state index in [1.54, 1.807) is 42.5 Å². The average Bonchev–Trinajstić information content (AvgIpc) is 3.23. The molecule has 5 aromatic rings. The van der Waals surface area contributed by atoms with Crippen molar-refractivity contribution < 1.29 is 43.7 Å². The van der Waals surface area contributed by atoms with Gasteiger partial charge in [0.05, 0.1) is 33.3 Å². The van der Waals surface area contributed by atoms with E-state index in [9.17, 15) is 39.3 Å². The molecular formula is C47H33Cl2N3O10. The number of amides is 2. The molecule has 0 fully saturated rings. The van der Waals surface area contributed by atoms with Gasteiger partial charge >= 0.3 is 11.9 Å². The smallest absolute Gasteiger partial charge is 0.337 e. The van der Waals surface area contributed by atoms with Crippen LogP contribution in [-0.4, -0.2) is 59.7 Å². The van der Waals surface area contributed by atoms with Gasteiger partial charge in [-0.15, -0.1) is 0 Å². The number of ether oxygens (including phenoxy) is 1. The predicted octanol–water partition coefficient (Wildman–Crippen LogP) is 6.85. The van der Waals surface area contributed by atoms with Crippen LogP contribution in [-0.2, 0) is 11.3 Å². The van der Waals surface area contributed by atoms with Gasteiger partial charge in [0.2, 0.25) is 5.91 Å². The Morgan fingerprint density at radius 3 is 2.27 bits per heavy atom. The molecule has 2 aliphatic heterocycles. The monoisotopic (exact) mass is 869 g/mol. The third kappa shape index (κ3) is 7.55. The number of hydrogen-bond acceptors (Lipinski definition) is 9. The topological polar surface area (TPSA) is 196 Å². The molecule has 15 heteroatoms. The van der Waals surface area contributed by atoms with Crippen LogP contribution in [0.4, 0.5) is 5.69 Å². The number of hydrogen-bond donors (Lipinski definition) is 5. The molecule has 0 radical (unpaired) electrons. The molecule has 0 saturated heterocycles. The Morgan fingerprint density at radius 2 is 1.53 bits per heavy atom. The molecule has 1 aliphatic carbocycles. The maximum Gasteiger partial charge on any atom is 0.337 e. The normalized spacial score (nSPS) is 11.7. The lowest BCUT2D eigenvalue weighted by Gasteiger charge is -2.25. The molecule has 310 valence electrons. The number of halogens is 2. The van der Waals surface area contributed by atoms with Crippen molar-refractivity contribution in [3.8, 4) is 39.7 Å². The molecule has 2 heterocycles.